The Morgan fingerprint density at radius 3 is 1.92 bits per heavy atom. The van der Waals surface area contributed by atoms with E-state index in [0.29, 0.717) is 0 Å². The number of carbonyl (C=O) groups excluding carboxylic acids is 2. The van der Waals surface area contributed by atoms with Crippen molar-refractivity contribution >= 4 is 11.8 Å². The molecule has 0 aliphatic carbocycles. The number of Topliss-reactive ketones (excluding diaryl/α,β-unsaturated/α-hetero) is 1. The van der Waals surface area contributed by atoms with E-state index >= 15 is 0 Å². The summed E-state index contributed by atoms with van der Waals surface area (Å²) < 4.78 is 4.89. The number of ether oxygens (including phenoxy) is 1. The Bertz CT molecular complexity index is 170. The molecule has 0 amide bonds. The molecule has 0 aliphatic heterocycles. The summed E-state index contributed by atoms with van der Waals surface area (Å²) in [5.41, 5.74) is -0.494. The second-order valence-electron chi connectivity index (χ2n) is 3.47. The predicted molar refractivity (Wildman–Crippen MR) is 41.1 cm³/mol. The summed E-state index contributed by atoms with van der Waals surface area (Å²) in [7, 11) is 0. The monoisotopic (exact) mass is 198 g/mol. The molecule has 3 nitrogen and oxygen atoms in total. The molecule has 0 fully saturated rings. The zero-order valence-corrected chi connectivity index (χ0v) is 8.49. The topological polar surface area (TPSA) is 43.4 Å². The summed E-state index contributed by atoms with van der Waals surface area (Å²) in [5.74, 6) is -0.621. The van der Waals surface area contributed by atoms with Gasteiger partial charge in [-0.3, -0.25) is 9.59 Å². The van der Waals surface area contributed by atoms with Crippen LogP contribution in [0.2, 0.25) is 0 Å². The first-order valence-electron chi connectivity index (χ1n) is 3.52. The number of hydrogen-bond donors (Lipinski definition) is 0. The van der Waals surface area contributed by atoms with E-state index in [1.807, 2.05) is 0 Å². The van der Waals surface area contributed by atoms with Crippen LogP contribution in [0.1, 0.15) is 34.1 Å². The third-order valence-corrected chi connectivity index (χ3v) is 0.813. The molecule has 4 heteroatoms. The molecule has 72 valence electrons. The third kappa shape index (κ3) is 10.4. The van der Waals surface area contributed by atoms with Gasteiger partial charge < -0.3 is 4.74 Å². The zero-order chi connectivity index (χ0) is 9.07. The second kappa shape index (κ2) is 5.95. The fourth-order valence-electron chi connectivity index (χ4n) is 0.581. The number of carbonyl (C=O) groups is 2. The molecule has 0 bridgehead atoms. The molecule has 12 heavy (non-hydrogen) atoms. The van der Waals surface area contributed by atoms with Crippen LogP contribution in [0.5, 0.6) is 0 Å². The molecule has 0 unspecified atom stereocenters. The number of ketones is 1. The fourth-order valence-corrected chi connectivity index (χ4v) is 0.581. The summed E-state index contributed by atoms with van der Waals surface area (Å²) in [6.45, 7) is 6.67. The van der Waals surface area contributed by atoms with Gasteiger partial charge in [0.15, 0.2) is 0 Å². The molecule has 0 atom stereocenters. The van der Waals surface area contributed by atoms with Crippen LogP contribution in [0.25, 0.3) is 0 Å². The Kier molecular flexibility index (Phi) is 7.38. The first-order chi connectivity index (χ1) is 4.81. The first-order valence-corrected chi connectivity index (χ1v) is 3.52. The average molecular weight is 198 g/mol. The van der Waals surface area contributed by atoms with E-state index in [-0.39, 0.29) is 49.9 Å². The maximum Gasteiger partial charge on any atom is 0.313 e. The van der Waals surface area contributed by atoms with Gasteiger partial charge in [-0.05, 0) is 27.7 Å². The molecular weight excluding hydrogens is 184 g/mol. The Balaban J connectivity index is 0. The normalized spacial score (nSPS) is 10.0. The summed E-state index contributed by atoms with van der Waals surface area (Å²) in [4.78, 5) is 21.3. The maximum atomic E-state index is 10.8. The summed E-state index contributed by atoms with van der Waals surface area (Å²) in [6.07, 6.45) is -0.128. The van der Waals surface area contributed by atoms with Gasteiger partial charge in [-0.25, -0.2) is 0 Å². The van der Waals surface area contributed by atoms with Crippen molar-refractivity contribution in [1.82, 2.24) is 0 Å². The van der Waals surface area contributed by atoms with Gasteiger partial charge in [0.25, 0.3) is 0 Å². The summed E-state index contributed by atoms with van der Waals surface area (Å²) in [5, 5.41) is 0. The molecule has 0 saturated carbocycles. The zero-order valence-electron chi connectivity index (χ0n) is 7.79. The van der Waals surface area contributed by atoms with E-state index in [0.717, 1.165) is 0 Å². The van der Waals surface area contributed by atoms with Gasteiger partial charge in [-0.1, -0.05) is 0 Å². The molecule has 0 heterocycles. The Morgan fingerprint density at radius 1 is 1.25 bits per heavy atom. The van der Waals surface area contributed by atoms with Crippen LogP contribution in [0, 0.1) is 37.7 Å². The van der Waals surface area contributed by atoms with Crippen molar-refractivity contribution in [2.24, 2.45) is 0 Å². The Labute approximate surface area is 103 Å². The maximum absolute atomic E-state index is 10.8. The van der Waals surface area contributed by atoms with Crippen LogP contribution < -0.4 is 0 Å². The van der Waals surface area contributed by atoms with Crippen LogP contribution in [-0.2, 0) is 14.3 Å². The largest absolute Gasteiger partial charge is 0.460 e. The van der Waals surface area contributed by atoms with Crippen LogP contribution >= 0.6 is 0 Å². The SMILES string of the molecule is CC(=O)CC(=O)OC(C)(C)C.[Ar]. The molecule has 0 rings (SSSR count). The molecule has 0 aromatic carbocycles. The van der Waals surface area contributed by atoms with Gasteiger partial charge in [0.05, 0.1) is 0 Å². The summed E-state index contributed by atoms with van der Waals surface area (Å²) in [6, 6.07) is 0. The van der Waals surface area contributed by atoms with Crippen molar-refractivity contribution < 1.29 is 52.1 Å². The van der Waals surface area contributed by atoms with Crippen molar-refractivity contribution in [1.29, 1.82) is 0 Å². The number of hydrogen-bond acceptors (Lipinski definition) is 3. The van der Waals surface area contributed by atoms with Gasteiger partial charge >= 0.3 is 5.97 Å². The van der Waals surface area contributed by atoms with E-state index in [4.69, 9.17) is 4.74 Å². The van der Waals surface area contributed by atoms with Gasteiger partial charge in [0, 0.05) is 37.7 Å². The minimum absolute atomic E-state index is 0. The smallest absolute Gasteiger partial charge is 0.313 e. The van der Waals surface area contributed by atoms with E-state index in [1.165, 1.54) is 6.92 Å². The quantitative estimate of drug-likeness (QED) is 0.496. The average Bonchev–Trinajstić information content (AvgIpc) is 1.53. The number of rotatable bonds is 2. The van der Waals surface area contributed by atoms with Gasteiger partial charge in [0.1, 0.15) is 17.8 Å². The fraction of sp³-hybridized carbons (Fsp3) is 0.750. The van der Waals surface area contributed by atoms with Crippen LogP contribution in [0.15, 0.2) is 0 Å². The van der Waals surface area contributed by atoms with Gasteiger partial charge in [0.2, 0.25) is 0 Å². The minimum Gasteiger partial charge on any atom is -0.460 e. The van der Waals surface area contributed by atoms with Gasteiger partial charge in [-0.15, -0.1) is 0 Å². The molecular formula is C8H14ArO3. The van der Waals surface area contributed by atoms with E-state index in [2.05, 4.69) is 0 Å². The van der Waals surface area contributed by atoms with Crippen LogP contribution in [-0.4, -0.2) is 17.4 Å². The van der Waals surface area contributed by atoms with Gasteiger partial charge in [-0.2, -0.15) is 0 Å². The molecule has 0 saturated heterocycles. The molecule has 0 aromatic heterocycles. The van der Waals surface area contributed by atoms with Crippen molar-refractivity contribution in [2.75, 3.05) is 0 Å². The van der Waals surface area contributed by atoms with Crippen LogP contribution in [0.3, 0.4) is 0 Å². The van der Waals surface area contributed by atoms with Crippen molar-refractivity contribution in [2.45, 2.75) is 39.7 Å². The Hall–Kier alpha value is 0.400. The standard InChI is InChI=1S/C8H14O3.Ar/c1-6(9)5-7(10)11-8(2,3)4;/h5H2,1-4H3;. The van der Waals surface area contributed by atoms with Crippen molar-refractivity contribution in [3.63, 3.8) is 0 Å². The minimum atomic E-state index is -0.494. The molecule has 0 spiro atoms. The van der Waals surface area contributed by atoms with E-state index < -0.39 is 11.6 Å². The predicted octanol–water partition coefficient (Wildman–Crippen LogP) is 1.31. The van der Waals surface area contributed by atoms with Crippen molar-refractivity contribution in [3.8, 4) is 0 Å². The van der Waals surface area contributed by atoms with E-state index in [1.54, 1.807) is 20.8 Å². The molecule has 0 aromatic rings. The first kappa shape index (κ1) is 14.9. The molecule has 0 aliphatic rings. The second-order valence-corrected chi connectivity index (χ2v) is 3.47. The molecule has 0 radical (unpaired) electrons. The third-order valence-electron chi connectivity index (χ3n) is 0.813. The Morgan fingerprint density at radius 2 is 1.67 bits per heavy atom. The van der Waals surface area contributed by atoms with Crippen molar-refractivity contribution in [3.05, 3.63) is 0 Å². The van der Waals surface area contributed by atoms with E-state index in [9.17, 15) is 9.59 Å². The van der Waals surface area contributed by atoms with Crippen LogP contribution in [0.4, 0.5) is 0 Å². The molecule has 0 N–H and O–H groups in total. The summed E-state index contributed by atoms with van der Waals surface area (Å²) >= 11 is 0. The number of esters is 1.